The van der Waals surface area contributed by atoms with Gasteiger partial charge in [0.1, 0.15) is 0 Å². The van der Waals surface area contributed by atoms with Gasteiger partial charge in [0.15, 0.2) is 0 Å². The molecule has 1 aromatic heterocycles. The predicted octanol–water partition coefficient (Wildman–Crippen LogP) is 0.529. The molecule has 8 heavy (non-hydrogen) atoms. The summed E-state index contributed by atoms with van der Waals surface area (Å²) in [4.78, 5) is 3.86. The minimum atomic E-state index is 0.659. The molecule has 0 atom stereocenters. The maximum Gasteiger partial charge on any atom is 0.0994 e. The molecule has 0 saturated carbocycles. The summed E-state index contributed by atoms with van der Waals surface area (Å²) in [6.45, 7) is 0. The molecular weight excluding hydrogens is 138 g/mol. The van der Waals surface area contributed by atoms with Gasteiger partial charge < -0.3 is 0 Å². The molecule has 0 N–H and O–H groups in total. The zero-order chi connectivity index (χ0) is 5.98. The standard InChI is InChI=1S/C5H3ClNSi/c6-4-1-2-5(8)7-3-4/h1-3H. The van der Waals surface area contributed by atoms with E-state index in [0.717, 1.165) is 5.32 Å². The van der Waals surface area contributed by atoms with E-state index in [1.54, 1.807) is 18.3 Å². The molecule has 0 fully saturated rings. The molecule has 0 amide bonds. The Labute approximate surface area is 56.1 Å². The topological polar surface area (TPSA) is 12.9 Å². The number of pyridine rings is 1. The summed E-state index contributed by atoms with van der Waals surface area (Å²) in [6, 6.07) is 3.57. The van der Waals surface area contributed by atoms with Crippen molar-refractivity contribution in [2.45, 2.75) is 0 Å². The lowest BCUT2D eigenvalue weighted by Crippen LogP contribution is -2.04. The van der Waals surface area contributed by atoms with Gasteiger partial charge in [-0.15, -0.1) is 0 Å². The van der Waals surface area contributed by atoms with Crippen LogP contribution in [0.15, 0.2) is 18.3 Å². The molecule has 1 heterocycles. The first-order chi connectivity index (χ1) is 3.79. The van der Waals surface area contributed by atoms with E-state index < -0.39 is 0 Å². The largest absolute Gasteiger partial charge is 0.265 e. The molecule has 39 valence electrons. The van der Waals surface area contributed by atoms with Crippen LogP contribution in [0.5, 0.6) is 0 Å². The molecule has 0 aliphatic carbocycles. The molecule has 0 spiro atoms. The average molecular weight is 141 g/mol. The molecule has 1 aromatic rings. The van der Waals surface area contributed by atoms with Crippen LogP contribution in [0.25, 0.3) is 0 Å². The van der Waals surface area contributed by atoms with Gasteiger partial charge in [-0.05, 0) is 12.1 Å². The number of hydrogen-bond donors (Lipinski definition) is 0. The number of halogens is 1. The second kappa shape index (κ2) is 2.28. The molecule has 0 aromatic carbocycles. The van der Waals surface area contributed by atoms with Gasteiger partial charge in [-0.3, -0.25) is 4.98 Å². The minimum absolute atomic E-state index is 0.659. The Hall–Kier alpha value is -0.343. The van der Waals surface area contributed by atoms with Gasteiger partial charge in [-0.2, -0.15) is 0 Å². The monoisotopic (exact) mass is 140 g/mol. The van der Waals surface area contributed by atoms with Gasteiger partial charge in [0.2, 0.25) is 0 Å². The lowest BCUT2D eigenvalue weighted by atomic mass is 10.5. The maximum atomic E-state index is 5.53. The van der Waals surface area contributed by atoms with Crippen molar-refractivity contribution in [2.24, 2.45) is 0 Å². The average Bonchev–Trinajstić information content (AvgIpc) is 1.77. The first kappa shape index (κ1) is 5.79. The van der Waals surface area contributed by atoms with Crippen LogP contribution in [0.4, 0.5) is 0 Å². The van der Waals surface area contributed by atoms with Crippen LogP contribution in [0, 0.1) is 0 Å². The molecule has 0 aliphatic heterocycles. The molecule has 3 radical (unpaired) electrons. The van der Waals surface area contributed by atoms with Crippen molar-refractivity contribution in [3.8, 4) is 0 Å². The third-order valence-corrected chi connectivity index (χ3v) is 1.25. The zero-order valence-corrected chi connectivity index (χ0v) is 5.81. The predicted molar refractivity (Wildman–Crippen MR) is 34.6 cm³/mol. The van der Waals surface area contributed by atoms with Crippen LogP contribution in [-0.4, -0.2) is 15.2 Å². The van der Waals surface area contributed by atoms with Crippen molar-refractivity contribution in [2.75, 3.05) is 0 Å². The first-order valence-corrected chi connectivity index (χ1v) is 3.00. The third kappa shape index (κ3) is 1.32. The Bertz CT molecular complexity index is 151. The smallest absolute Gasteiger partial charge is 0.0994 e. The fraction of sp³-hybridized carbons (Fsp3) is 0. The number of aromatic nitrogens is 1. The molecule has 1 nitrogen and oxygen atoms in total. The highest BCUT2D eigenvalue weighted by Crippen LogP contribution is 2.00. The van der Waals surface area contributed by atoms with Crippen LogP contribution < -0.4 is 5.32 Å². The van der Waals surface area contributed by atoms with Gasteiger partial charge in [-0.25, -0.2) is 0 Å². The summed E-state index contributed by atoms with van der Waals surface area (Å²) in [7, 11) is 3.22. The van der Waals surface area contributed by atoms with Crippen molar-refractivity contribution in [1.29, 1.82) is 0 Å². The number of hydrogen-bond acceptors (Lipinski definition) is 1. The van der Waals surface area contributed by atoms with E-state index in [-0.39, 0.29) is 0 Å². The second-order valence-electron chi connectivity index (χ2n) is 1.36. The fourth-order valence-electron chi connectivity index (χ4n) is 0.376. The second-order valence-corrected chi connectivity index (χ2v) is 2.31. The van der Waals surface area contributed by atoms with E-state index in [0.29, 0.717) is 5.02 Å². The normalized spacial score (nSPS) is 9.25. The van der Waals surface area contributed by atoms with Gasteiger partial charge in [0.05, 0.1) is 15.3 Å². The van der Waals surface area contributed by atoms with Gasteiger partial charge in [-0.1, -0.05) is 11.6 Å². The Morgan fingerprint density at radius 2 is 2.25 bits per heavy atom. The van der Waals surface area contributed by atoms with E-state index in [1.807, 2.05) is 0 Å². The first-order valence-electron chi connectivity index (χ1n) is 2.12. The van der Waals surface area contributed by atoms with Crippen molar-refractivity contribution in [3.05, 3.63) is 23.4 Å². The highest BCUT2D eigenvalue weighted by Gasteiger charge is 1.83. The van der Waals surface area contributed by atoms with E-state index >= 15 is 0 Å². The number of rotatable bonds is 0. The van der Waals surface area contributed by atoms with Crippen LogP contribution in [0.1, 0.15) is 0 Å². The number of nitrogens with zero attached hydrogens (tertiary/aromatic N) is 1. The van der Waals surface area contributed by atoms with Crippen LogP contribution in [0.2, 0.25) is 5.02 Å². The van der Waals surface area contributed by atoms with Crippen molar-refractivity contribution < 1.29 is 0 Å². The van der Waals surface area contributed by atoms with E-state index in [2.05, 4.69) is 15.2 Å². The molecule has 0 aliphatic rings. The van der Waals surface area contributed by atoms with E-state index in [9.17, 15) is 0 Å². The molecular formula is C5H3ClNSi. The lowest BCUT2D eigenvalue weighted by Gasteiger charge is -1.87. The Kier molecular flexibility index (Phi) is 1.65. The Morgan fingerprint density at radius 1 is 1.50 bits per heavy atom. The van der Waals surface area contributed by atoms with Gasteiger partial charge in [0, 0.05) is 11.5 Å². The van der Waals surface area contributed by atoms with E-state index in [1.165, 1.54) is 0 Å². The Morgan fingerprint density at radius 3 is 2.62 bits per heavy atom. The molecule has 0 saturated heterocycles. The SMILES string of the molecule is [Si]c1ccc(Cl)cn1. The summed E-state index contributed by atoms with van der Waals surface area (Å²) < 4.78 is 0. The summed E-state index contributed by atoms with van der Waals surface area (Å²) in [5.74, 6) is 0. The molecule has 0 unspecified atom stereocenters. The van der Waals surface area contributed by atoms with Gasteiger partial charge in [0.25, 0.3) is 0 Å². The quantitative estimate of drug-likeness (QED) is 0.479. The third-order valence-electron chi connectivity index (χ3n) is 0.727. The highest BCUT2D eigenvalue weighted by atomic mass is 35.5. The minimum Gasteiger partial charge on any atom is -0.265 e. The van der Waals surface area contributed by atoms with Crippen molar-refractivity contribution in [1.82, 2.24) is 4.98 Å². The highest BCUT2D eigenvalue weighted by molar-refractivity contribution is 6.32. The molecule has 0 bridgehead atoms. The van der Waals surface area contributed by atoms with Crippen LogP contribution >= 0.6 is 11.6 Å². The summed E-state index contributed by atoms with van der Waals surface area (Å²) in [5, 5.41) is 1.46. The molecule has 3 heteroatoms. The van der Waals surface area contributed by atoms with Gasteiger partial charge >= 0.3 is 0 Å². The maximum absolute atomic E-state index is 5.53. The van der Waals surface area contributed by atoms with Crippen molar-refractivity contribution in [3.63, 3.8) is 0 Å². The lowest BCUT2D eigenvalue weighted by molar-refractivity contribution is 1.39. The Balaban J connectivity index is 3.03. The zero-order valence-electron chi connectivity index (χ0n) is 4.06. The van der Waals surface area contributed by atoms with Crippen LogP contribution in [-0.2, 0) is 0 Å². The van der Waals surface area contributed by atoms with E-state index in [4.69, 9.17) is 11.6 Å². The molecule has 1 rings (SSSR count). The fourth-order valence-corrected chi connectivity index (χ4v) is 0.635. The summed E-state index contributed by atoms with van der Waals surface area (Å²) in [5.41, 5.74) is 0. The van der Waals surface area contributed by atoms with Crippen molar-refractivity contribution >= 4 is 27.2 Å². The summed E-state index contributed by atoms with van der Waals surface area (Å²) >= 11 is 5.53. The van der Waals surface area contributed by atoms with Crippen LogP contribution in [0.3, 0.4) is 0 Å². The summed E-state index contributed by atoms with van der Waals surface area (Å²) in [6.07, 6.45) is 1.59.